The Kier molecular flexibility index (Phi) is 6.59. The SMILES string of the molecule is COc1ccc2nc(-c3cccc(OCC(=O)NC(C)(C)C)c3)nc(Nc3cnn(C)c3)c2c1C. The van der Waals surface area contributed by atoms with E-state index in [1.807, 2.05) is 71.3 Å². The van der Waals surface area contributed by atoms with Gasteiger partial charge in [0.05, 0.1) is 24.5 Å². The molecule has 0 aliphatic carbocycles. The molecule has 0 radical (unpaired) electrons. The first-order valence-corrected chi connectivity index (χ1v) is 11.3. The number of ether oxygens (including phenoxy) is 2. The number of carbonyl (C=O) groups excluding carboxylic acids is 1. The molecule has 4 aromatic rings. The van der Waals surface area contributed by atoms with Gasteiger partial charge in [-0.15, -0.1) is 0 Å². The van der Waals surface area contributed by atoms with Crippen molar-refractivity contribution >= 4 is 28.3 Å². The van der Waals surface area contributed by atoms with Crippen LogP contribution in [0.25, 0.3) is 22.3 Å². The number of fused-ring (bicyclic) bond motifs is 1. The minimum atomic E-state index is -0.320. The third-order valence-electron chi connectivity index (χ3n) is 5.24. The van der Waals surface area contributed by atoms with Crippen LogP contribution in [0.1, 0.15) is 26.3 Å². The van der Waals surface area contributed by atoms with Crippen molar-refractivity contribution in [3.8, 4) is 22.9 Å². The van der Waals surface area contributed by atoms with Crippen molar-refractivity contribution in [2.75, 3.05) is 19.0 Å². The smallest absolute Gasteiger partial charge is 0.258 e. The molecular formula is C26H30N6O3. The average Bonchev–Trinajstić information content (AvgIpc) is 3.21. The van der Waals surface area contributed by atoms with Crippen LogP contribution in [-0.2, 0) is 11.8 Å². The Balaban J connectivity index is 1.70. The van der Waals surface area contributed by atoms with Crippen LogP contribution >= 0.6 is 0 Å². The van der Waals surface area contributed by atoms with Gasteiger partial charge in [-0.2, -0.15) is 5.10 Å². The van der Waals surface area contributed by atoms with Gasteiger partial charge in [-0.1, -0.05) is 12.1 Å². The van der Waals surface area contributed by atoms with Crippen LogP contribution in [0.3, 0.4) is 0 Å². The fourth-order valence-electron chi connectivity index (χ4n) is 3.76. The zero-order chi connectivity index (χ0) is 25.2. The van der Waals surface area contributed by atoms with Gasteiger partial charge in [0.2, 0.25) is 0 Å². The topological polar surface area (TPSA) is 103 Å². The van der Waals surface area contributed by atoms with E-state index in [-0.39, 0.29) is 18.1 Å². The van der Waals surface area contributed by atoms with Crippen molar-refractivity contribution in [3.63, 3.8) is 0 Å². The van der Waals surface area contributed by atoms with Gasteiger partial charge in [0.15, 0.2) is 12.4 Å². The number of methoxy groups -OCH3 is 1. The van der Waals surface area contributed by atoms with Gasteiger partial charge in [0, 0.05) is 35.3 Å². The van der Waals surface area contributed by atoms with Gasteiger partial charge in [0.25, 0.3) is 5.91 Å². The maximum absolute atomic E-state index is 12.2. The number of aryl methyl sites for hydroxylation is 2. The monoisotopic (exact) mass is 474 g/mol. The van der Waals surface area contributed by atoms with Crippen molar-refractivity contribution in [1.82, 2.24) is 25.1 Å². The van der Waals surface area contributed by atoms with Crippen LogP contribution in [0.4, 0.5) is 11.5 Å². The Labute approximate surface area is 204 Å². The fourth-order valence-corrected chi connectivity index (χ4v) is 3.76. The lowest BCUT2D eigenvalue weighted by Crippen LogP contribution is -2.43. The summed E-state index contributed by atoms with van der Waals surface area (Å²) in [6, 6.07) is 11.2. The Bertz CT molecular complexity index is 1370. The van der Waals surface area contributed by atoms with Gasteiger partial charge in [0.1, 0.15) is 17.3 Å². The van der Waals surface area contributed by atoms with Crippen LogP contribution < -0.4 is 20.1 Å². The van der Waals surface area contributed by atoms with E-state index in [1.54, 1.807) is 24.1 Å². The Morgan fingerprint density at radius 3 is 2.63 bits per heavy atom. The maximum Gasteiger partial charge on any atom is 0.258 e. The summed E-state index contributed by atoms with van der Waals surface area (Å²) in [4.78, 5) is 21.8. The molecule has 0 spiro atoms. The first-order valence-electron chi connectivity index (χ1n) is 11.3. The first-order chi connectivity index (χ1) is 16.6. The molecule has 9 heteroatoms. The minimum absolute atomic E-state index is 0.0773. The molecule has 0 unspecified atom stereocenters. The summed E-state index contributed by atoms with van der Waals surface area (Å²) in [5, 5.41) is 11.4. The highest BCUT2D eigenvalue weighted by Crippen LogP contribution is 2.34. The summed E-state index contributed by atoms with van der Waals surface area (Å²) in [5.41, 5.74) is 2.96. The zero-order valence-electron chi connectivity index (χ0n) is 20.8. The van der Waals surface area contributed by atoms with E-state index in [4.69, 9.17) is 19.4 Å². The number of nitrogens with one attached hydrogen (secondary N) is 2. The standard InChI is InChI=1S/C26H30N6O3/c1-16-21(34-6)11-10-20-23(16)25(28-18-13-27-32(5)14-18)30-24(29-20)17-8-7-9-19(12-17)35-15-22(33)31-26(2,3)4/h7-14H,15H2,1-6H3,(H,31,33)(H,28,29,30). The molecular weight excluding hydrogens is 444 g/mol. The molecule has 0 aliphatic heterocycles. The summed E-state index contributed by atoms with van der Waals surface area (Å²) in [5.74, 6) is 2.30. The summed E-state index contributed by atoms with van der Waals surface area (Å²) < 4.78 is 13.0. The van der Waals surface area contributed by atoms with Gasteiger partial charge in [-0.05, 0) is 52.0 Å². The van der Waals surface area contributed by atoms with Crippen molar-refractivity contribution in [2.45, 2.75) is 33.2 Å². The molecule has 2 aromatic heterocycles. The third-order valence-corrected chi connectivity index (χ3v) is 5.24. The van der Waals surface area contributed by atoms with Crippen molar-refractivity contribution < 1.29 is 14.3 Å². The second-order valence-electron chi connectivity index (χ2n) is 9.33. The van der Waals surface area contributed by atoms with E-state index in [2.05, 4.69) is 15.7 Å². The van der Waals surface area contributed by atoms with Gasteiger partial charge < -0.3 is 20.1 Å². The van der Waals surface area contributed by atoms with Crippen LogP contribution in [0.5, 0.6) is 11.5 Å². The normalized spacial score (nSPS) is 11.4. The van der Waals surface area contributed by atoms with Crippen LogP contribution in [0, 0.1) is 6.92 Å². The van der Waals surface area contributed by atoms with E-state index in [0.717, 1.165) is 33.5 Å². The van der Waals surface area contributed by atoms with Crippen molar-refractivity contribution in [3.05, 3.63) is 54.4 Å². The van der Waals surface area contributed by atoms with E-state index >= 15 is 0 Å². The highest BCUT2D eigenvalue weighted by atomic mass is 16.5. The van der Waals surface area contributed by atoms with E-state index in [9.17, 15) is 4.79 Å². The van der Waals surface area contributed by atoms with Crippen LogP contribution in [0.15, 0.2) is 48.8 Å². The highest BCUT2D eigenvalue weighted by molar-refractivity contribution is 5.96. The van der Waals surface area contributed by atoms with Crippen molar-refractivity contribution in [1.29, 1.82) is 0 Å². The largest absolute Gasteiger partial charge is 0.496 e. The number of amides is 1. The molecule has 0 fully saturated rings. The lowest BCUT2D eigenvalue weighted by molar-refractivity contribution is -0.124. The number of nitrogens with zero attached hydrogens (tertiary/aromatic N) is 4. The van der Waals surface area contributed by atoms with E-state index in [1.165, 1.54) is 0 Å². The van der Waals surface area contributed by atoms with Crippen LogP contribution in [-0.4, -0.2) is 44.9 Å². The van der Waals surface area contributed by atoms with Gasteiger partial charge in [-0.3, -0.25) is 9.48 Å². The van der Waals surface area contributed by atoms with Crippen LogP contribution in [0.2, 0.25) is 0 Å². The number of aromatic nitrogens is 4. The number of anilines is 2. The molecule has 0 atom stereocenters. The molecule has 35 heavy (non-hydrogen) atoms. The number of hydrogen-bond acceptors (Lipinski definition) is 7. The molecule has 4 rings (SSSR count). The fraction of sp³-hybridized carbons (Fsp3) is 0.308. The Morgan fingerprint density at radius 2 is 1.94 bits per heavy atom. The molecule has 9 nitrogen and oxygen atoms in total. The summed E-state index contributed by atoms with van der Waals surface area (Å²) >= 11 is 0. The molecule has 2 aromatic carbocycles. The van der Waals surface area contributed by atoms with Gasteiger partial charge in [-0.25, -0.2) is 9.97 Å². The molecule has 2 N–H and O–H groups in total. The quantitative estimate of drug-likeness (QED) is 0.410. The van der Waals surface area contributed by atoms with E-state index in [0.29, 0.717) is 17.4 Å². The summed E-state index contributed by atoms with van der Waals surface area (Å²) in [6.45, 7) is 7.69. The predicted octanol–water partition coefficient (Wildman–Crippen LogP) is 4.38. The molecule has 0 saturated heterocycles. The lowest BCUT2D eigenvalue weighted by atomic mass is 10.1. The number of benzene rings is 2. The molecule has 182 valence electrons. The molecule has 0 aliphatic rings. The molecule has 0 saturated carbocycles. The number of rotatable bonds is 7. The maximum atomic E-state index is 12.2. The van der Waals surface area contributed by atoms with Crippen molar-refractivity contribution in [2.24, 2.45) is 7.05 Å². The number of hydrogen-bond donors (Lipinski definition) is 2. The summed E-state index contributed by atoms with van der Waals surface area (Å²) in [7, 11) is 3.50. The molecule has 0 bridgehead atoms. The highest BCUT2D eigenvalue weighted by Gasteiger charge is 2.17. The van der Waals surface area contributed by atoms with E-state index < -0.39 is 0 Å². The minimum Gasteiger partial charge on any atom is -0.496 e. The first kappa shape index (κ1) is 24.0. The summed E-state index contributed by atoms with van der Waals surface area (Å²) in [6.07, 6.45) is 3.61. The lowest BCUT2D eigenvalue weighted by Gasteiger charge is -2.20. The second kappa shape index (κ2) is 9.61. The second-order valence-corrected chi connectivity index (χ2v) is 9.33. The molecule has 1 amide bonds. The Morgan fingerprint density at radius 1 is 1.14 bits per heavy atom. The molecule has 2 heterocycles. The Hall–Kier alpha value is -4.14. The number of carbonyl (C=O) groups is 1. The zero-order valence-corrected chi connectivity index (χ0v) is 20.8. The predicted molar refractivity (Wildman–Crippen MR) is 136 cm³/mol. The third kappa shape index (κ3) is 5.68. The van der Waals surface area contributed by atoms with Gasteiger partial charge >= 0.3 is 0 Å². The average molecular weight is 475 g/mol.